The largest absolute Gasteiger partial charge is 0.491 e. The molecule has 0 radical (unpaired) electrons. The maximum absolute atomic E-state index is 12.7. The first kappa shape index (κ1) is 17.2. The lowest BCUT2D eigenvalue weighted by Gasteiger charge is -2.35. The van der Waals surface area contributed by atoms with Crippen molar-refractivity contribution in [3.63, 3.8) is 0 Å². The van der Waals surface area contributed by atoms with E-state index in [4.69, 9.17) is 4.74 Å². The first-order valence-electron chi connectivity index (χ1n) is 8.84. The van der Waals surface area contributed by atoms with Crippen LogP contribution in [0, 0.1) is 0 Å². The van der Waals surface area contributed by atoms with Gasteiger partial charge >= 0.3 is 0 Å². The second kappa shape index (κ2) is 6.81. The number of likely N-dealkylation sites (N-methyl/N-ethyl adjacent to an activating group) is 1. The van der Waals surface area contributed by atoms with Gasteiger partial charge in [-0.05, 0) is 31.3 Å². The summed E-state index contributed by atoms with van der Waals surface area (Å²) in [6.45, 7) is 4.41. The van der Waals surface area contributed by atoms with Crippen LogP contribution in [0.4, 0.5) is 11.4 Å². The summed E-state index contributed by atoms with van der Waals surface area (Å²) < 4.78 is 33.9. The Bertz CT molecular complexity index is 892. The van der Waals surface area contributed by atoms with Crippen LogP contribution in [0.3, 0.4) is 0 Å². The summed E-state index contributed by atoms with van der Waals surface area (Å²) in [5.41, 5.74) is 2.64. The van der Waals surface area contributed by atoms with Crippen molar-refractivity contribution >= 4 is 21.4 Å². The average Bonchev–Trinajstić information content (AvgIpc) is 3.11. The van der Waals surface area contributed by atoms with Gasteiger partial charge in [-0.25, -0.2) is 8.42 Å². The number of anilines is 2. The molecule has 0 aromatic heterocycles. The molecule has 2 aliphatic rings. The van der Waals surface area contributed by atoms with Crippen LogP contribution in [0.15, 0.2) is 47.4 Å². The van der Waals surface area contributed by atoms with Gasteiger partial charge in [0.2, 0.25) is 0 Å². The molecule has 7 heteroatoms. The van der Waals surface area contributed by atoms with Crippen molar-refractivity contribution in [3.05, 3.63) is 48.0 Å². The number of nitrogens with zero attached hydrogens (tertiary/aromatic N) is 2. The van der Waals surface area contributed by atoms with Crippen LogP contribution in [0.2, 0.25) is 0 Å². The van der Waals surface area contributed by atoms with E-state index in [2.05, 4.69) is 21.6 Å². The third-order valence-electron chi connectivity index (χ3n) is 4.91. The van der Waals surface area contributed by atoms with E-state index in [0.717, 1.165) is 49.6 Å². The van der Waals surface area contributed by atoms with Crippen LogP contribution in [0.1, 0.15) is 5.56 Å². The molecule has 2 aromatic carbocycles. The van der Waals surface area contributed by atoms with Crippen molar-refractivity contribution in [2.75, 3.05) is 49.5 Å². The third-order valence-corrected chi connectivity index (χ3v) is 6.31. The molecule has 2 aromatic rings. The van der Waals surface area contributed by atoms with Crippen molar-refractivity contribution < 1.29 is 13.2 Å². The quantitative estimate of drug-likeness (QED) is 0.890. The molecular weight excluding hydrogens is 350 g/mol. The van der Waals surface area contributed by atoms with Crippen LogP contribution in [-0.2, 0) is 16.4 Å². The van der Waals surface area contributed by atoms with Gasteiger partial charge in [-0.1, -0.05) is 18.2 Å². The Balaban J connectivity index is 1.66. The highest BCUT2D eigenvalue weighted by atomic mass is 32.2. The van der Waals surface area contributed by atoms with Crippen molar-refractivity contribution in [1.82, 2.24) is 4.90 Å². The zero-order valence-electron chi connectivity index (χ0n) is 14.8. The summed E-state index contributed by atoms with van der Waals surface area (Å²) in [6.07, 6.45) is 0.803. The fourth-order valence-corrected chi connectivity index (χ4v) is 4.50. The van der Waals surface area contributed by atoms with Crippen molar-refractivity contribution in [3.8, 4) is 5.75 Å². The topological polar surface area (TPSA) is 61.9 Å². The molecule has 2 heterocycles. The first-order valence-corrected chi connectivity index (χ1v) is 10.3. The number of nitrogens with one attached hydrogen (secondary N) is 1. The molecule has 1 N–H and O–H groups in total. The fourth-order valence-electron chi connectivity index (χ4n) is 3.44. The molecule has 6 nitrogen and oxygen atoms in total. The molecule has 0 amide bonds. The number of benzene rings is 2. The highest BCUT2D eigenvalue weighted by molar-refractivity contribution is 7.92. The predicted octanol–water partition coefficient (Wildman–Crippen LogP) is 2.17. The maximum atomic E-state index is 12.7. The molecule has 0 bridgehead atoms. The van der Waals surface area contributed by atoms with Gasteiger partial charge in [0.15, 0.2) is 0 Å². The van der Waals surface area contributed by atoms with Gasteiger partial charge in [0.1, 0.15) is 5.75 Å². The van der Waals surface area contributed by atoms with E-state index in [9.17, 15) is 8.42 Å². The Morgan fingerprint density at radius 1 is 1.04 bits per heavy atom. The molecule has 0 unspecified atom stereocenters. The molecule has 0 saturated carbocycles. The Hall–Kier alpha value is -2.25. The molecule has 1 saturated heterocycles. The highest BCUT2D eigenvalue weighted by Crippen LogP contribution is 2.40. The molecule has 138 valence electrons. The van der Waals surface area contributed by atoms with Crippen molar-refractivity contribution in [2.45, 2.75) is 11.3 Å². The number of hydrogen-bond donors (Lipinski definition) is 1. The number of hydrogen-bond acceptors (Lipinski definition) is 5. The molecular formula is C19H23N3O3S. The molecule has 0 atom stereocenters. The Kier molecular flexibility index (Phi) is 4.50. The van der Waals surface area contributed by atoms with E-state index in [1.165, 1.54) is 0 Å². The standard InChI is InChI=1S/C19H23N3O3S/c1-21-8-10-22(11-9-21)18-14-16(13-15-7-12-25-19(15)18)20-26(23,24)17-5-3-2-4-6-17/h2-6,13-14,20H,7-12H2,1H3. The second-order valence-electron chi connectivity index (χ2n) is 6.79. The van der Waals surface area contributed by atoms with Gasteiger partial charge in [-0.3, -0.25) is 4.72 Å². The number of ether oxygens (including phenoxy) is 1. The predicted molar refractivity (Wildman–Crippen MR) is 103 cm³/mol. The minimum atomic E-state index is -3.60. The third kappa shape index (κ3) is 3.37. The monoisotopic (exact) mass is 373 g/mol. The lowest BCUT2D eigenvalue weighted by molar-refractivity contribution is 0.309. The smallest absolute Gasteiger partial charge is 0.261 e. The average molecular weight is 373 g/mol. The van der Waals surface area contributed by atoms with Gasteiger partial charge < -0.3 is 14.5 Å². The SMILES string of the molecule is CN1CCN(c2cc(NS(=O)(=O)c3ccccc3)cc3c2OCC3)CC1. The summed E-state index contributed by atoms with van der Waals surface area (Å²) in [4.78, 5) is 4.84. The molecule has 2 aliphatic heterocycles. The van der Waals surface area contributed by atoms with Crippen LogP contribution >= 0.6 is 0 Å². The van der Waals surface area contributed by atoms with E-state index in [1.807, 2.05) is 12.1 Å². The van der Waals surface area contributed by atoms with Crippen LogP contribution in [0.25, 0.3) is 0 Å². The van der Waals surface area contributed by atoms with Crippen LogP contribution in [0.5, 0.6) is 5.75 Å². The van der Waals surface area contributed by atoms with Crippen LogP contribution in [-0.4, -0.2) is 53.2 Å². The highest BCUT2D eigenvalue weighted by Gasteiger charge is 2.25. The second-order valence-corrected chi connectivity index (χ2v) is 8.47. The van der Waals surface area contributed by atoms with Gasteiger partial charge in [0.05, 0.1) is 22.9 Å². The van der Waals surface area contributed by atoms with Crippen molar-refractivity contribution in [1.29, 1.82) is 0 Å². The number of piperazine rings is 1. The summed E-state index contributed by atoms with van der Waals surface area (Å²) in [7, 11) is -1.49. The Morgan fingerprint density at radius 2 is 1.77 bits per heavy atom. The lowest BCUT2D eigenvalue weighted by Crippen LogP contribution is -2.44. The zero-order chi connectivity index (χ0) is 18.1. The maximum Gasteiger partial charge on any atom is 0.261 e. The van der Waals surface area contributed by atoms with Gasteiger partial charge in [-0.15, -0.1) is 0 Å². The zero-order valence-corrected chi connectivity index (χ0v) is 15.6. The van der Waals surface area contributed by atoms with E-state index in [1.54, 1.807) is 30.3 Å². The summed E-state index contributed by atoms with van der Waals surface area (Å²) in [5.74, 6) is 0.900. The van der Waals surface area contributed by atoms with E-state index in [0.29, 0.717) is 12.3 Å². The normalized spacial score (nSPS) is 17.7. The molecule has 0 aliphatic carbocycles. The van der Waals surface area contributed by atoms with Gasteiger partial charge in [-0.2, -0.15) is 0 Å². The van der Waals surface area contributed by atoms with Crippen LogP contribution < -0.4 is 14.4 Å². The molecule has 1 fully saturated rings. The summed E-state index contributed by atoms with van der Waals surface area (Å²) in [5, 5.41) is 0. The number of rotatable bonds is 4. The van der Waals surface area contributed by atoms with Gasteiger partial charge in [0, 0.05) is 38.2 Å². The number of fused-ring (bicyclic) bond motifs is 1. The lowest BCUT2D eigenvalue weighted by atomic mass is 10.1. The molecule has 0 spiro atoms. The Morgan fingerprint density at radius 3 is 2.50 bits per heavy atom. The summed E-state index contributed by atoms with van der Waals surface area (Å²) >= 11 is 0. The van der Waals surface area contributed by atoms with E-state index in [-0.39, 0.29) is 4.90 Å². The minimum Gasteiger partial charge on any atom is -0.491 e. The molecule has 26 heavy (non-hydrogen) atoms. The minimum absolute atomic E-state index is 0.262. The van der Waals surface area contributed by atoms with Gasteiger partial charge in [0.25, 0.3) is 10.0 Å². The summed E-state index contributed by atoms with van der Waals surface area (Å²) in [6, 6.07) is 12.2. The van der Waals surface area contributed by atoms with E-state index < -0.39 is 10.0 Å². The van der Waals surface area contributed by atoms with E-state index >= 15 is 0 Å². The number of sulfonamides is 1. The Labute approximate surface area is 154 Å². The first-order chi connectivity index (χ1) is 12.5. The fraction of sp³-hybridized carbons (Fsp3) is 0.368. The molecule has 4 rings (SSSR count). The van der Waals surface area contributed by atoms with Crippen molar-refractivity contribution in [2.24, 2.45) is 0 Å².